The van der Waals surface area contributed by atoms with Gasteiger partial charge in [0.25, 0.3) is 0 Å². The Hall–Kier alpha value is 1.40. The van der Waals surface area contributed by atoms with Crippen LogP contribution in [0.25, 0.3) is 0 Å². The fraction of sp³-hybridized carbons (Fsp3) is 1.00. The summed E-state index contributed by atoms with van der Waals surface area (Å²) >= 11 is 7.70. The maximum atomic E-state index is 3.85. The van der Waals surface area contributed by atoms with E-state index in [9.17, 15) is 0 Å². The molecule has 5 heavy (non-hydrogen) atoms. The van der Waals surface area contributed by atoms with Crippen molar-refractivity contribution >= 4 is 44.9 Å². The summed E-state index contributed by atoms with van der Waals surface area (Å²) in [5.41, 5.74) is 0. The lowest BCUT2D eigenvalue weighted by molar-refractivity contribution is 2.36. The molecule has 0 N–H and O–H groups in total. The topological polar surface area (TPSA) is 0 Å². The van der Waals surface area contributed by atoms with Gasteiger partial charge in [0.1, 0.15) is 0 Å². The van der Waals surface area contributed by atoms with E-state index in [-0.39, 0.29) is 0 Å². The monoisotopic (exact) mass is 144 g/mol. The number of rotatable bonds is 2. The maximum Gasteiger partial charge on any atom is 0.0595 e. The van der Waals surface area contributed by atoms with Gasteiger partial charge in [-0.15, -0.1) is 23.3 Å². The van der Waals surface area contributed by atoms with Crippen LogP contribution < -0.4 is 0 Å². The molecule has 0 aliphatic carbocycles. The fourth-order valence-corrected chi connectivity index (χ4v) is 1.91. The summed E-state index contributed by atoms with van der Waals surface area (Å²) in [5.74, 6) is 0. The highest BCUT2D eigenvalue weighted by Gasteiger charge is 1.69. The molecule has 0 saturated heterocycles. The summed E-state index contributed by atoms with van der Waals surface area (Å²) in [6.07, 6.45) is 0. The first kappa shape index (κ1) is 6.40. The van der Waals surface area contributed by atoms with Gasteiger partial charge >= 0.3 is 0 Å². The molecule has 0 aromatic rings. The second-order valence-corrected chi connectivity index (χ2v) is 3.38. The van der Waals surface area contributed by atoms with Crippen LogP contribution in [-0.4, -0.2) is 5.08 Å². The third-order valence-electron chi connectivity index (χ3n) is 0.105. The van der Waals surface area contributed by atoms with E-state index < -0.39 is 0 Å². The van der Waals surface area contributed by atoms with E-state index in [2.05, 4.69) is 23.3 Å². The van der Waals surface area contributed by atoms with Crippen LogP contribution in [0.1, 0.15) is 0 Å². The van der Waals surface area contributed by atoms with Gasteiger partial charge in [0.15, 0.2) is 0 Å². The minimum absolute atomic E-state index is 0.951. The molecule has 0 aliphatic rings. The quantitative estimate of drug-likeness (QED) is 0.346. The van der Waals surface area contributed by atoms with Gasteiger partial charge in [-0.3, -0.25) is 0 Å². The van der Waals surface area contributed by atoms with E-state index in [1.165, 1.54) is 21.6 Å². The predicted molar refractivity (Wildman–Crippen MR) is 38.0 cm³/mol. The summed E-state index contributed by atoms with van der Waals surface area (Å²) < 4.78 is 0. The molecule has 0 amide bonds. The van der Waals surface area contributed by atoms with Crippen molar-refractivity contribution in [1.29, 1.82) is 0 Å². The standard InChI is InChI=1S/CH4S4/c2-4-1-5-3/h2-3H,1H2. The molecule has 32 valence electrons. The average Bonchev–Trinajstić information content (AvgIpc) is 1.41. The van der Waals surface area contributed by atoms with Crippen LogP contribution in [0.2, 0.25) is 0 Å². The van der Waals surface area contributed by atoms with E-state index in [0.717, 1.165) is 5.08 Å². The highest BCUT2D eigenvalue weighted by Crippen LogP contribution is 2.16. The van der Waals surface area contributed by atoms with Gasteiger partial charge in [-0.1, -0.05) is 21.6 Å². The van der Waals surface area contributed by atoms with Gasteiger partial charge < -0.3 is 0 Å². The highest BCUT2D eigenvalue weighted by atomic mass is 33.1. The lowest BCUT2D eigenvalue weighted by Crippen LogP contribution is -1.44. The normalized spacial score (nSPS) is 8.40. The Morgan fingerprint density at radius 1 is 1.20 bits per heavy atom. The van der Waals surface area contributed by atoms with Crippen LogP contribution >= 0.6 is 44.9 Å². The molecule has 0 aliphatic heterocycles. The van der Waals surface area contributed by atoms with Crippen molar-refractivity contribution in [1.82, 2.24) is 0 Å². The minimum atomic E-state index is 0.951. The lowest BCUT2D eigenvalue weighted by Gasteiger charge is -1.78. The zero-order valence-corrected chi connectivity index (χ0v) is 5.84. The predicted octanol–water partition coefficient (Wildman–Crippen LogP) is 2.10. The van der Waals surface area contributed by atoms with Gasteiger partial charge in [-0.25, -0.2) is 0 Å². The SMILES string of the molecule is SSCSS. The highest BCUT2D eigenvalue weighted by molar-refractivity contribution is 8.77. The molecule has 0 saturated carbocycles. The molecule has 0 fully saturated rings. The summed E-state index contributed by atoms with van der Waals surface area (Å²) in [6.45, 7) is 0. The zero-order valence-electron chi connectivity index (χ0n) is 2.42. The van der Waals surface area contributed by atoms with Gasteiger partial charge in [-0.2, -0.15) is 0 Å². The molecule has 0 aromatic heterocycles. The van der Waals surface area contributed by atoms with E-state index in [1.807, 2.05) is 0 Å². The van der Waals surface area contributed by atoms with E-state index in [0.29, 0.717) is 0 Å². The Morgan fingerprint density at radius 3 is 1.60 bits per heavy atom. The van der Waals surface area contributed by atoms with Gasteiger partial charge in [0.2, 0.25) is 0 Å². The summed E-state index contributed by atoms with van der Waals surface area (Å²) in [5, 5.41) is 0.951. The molecule has 0 atom stereocenters. The van der Waals surface area contributed by atoms with E-state index >= 15 is 0 Å². The van der Waals surface area contributed by atoms with Crippen molar-refractivity contribution in [3.05, 3.63) is 0 Å². The Kier molecular flexibility index (Phi) is 6.91. The van der Waals surface area contributed by atoms with Crippen molar-refractivity contribution in [2.24, 2.45) is 0 Å². The maximum absolute atomic E-state index is 3.85. The van der Waals surface area contributed by atoms with Crippen LogP contribution in [0.15, 0.2) is 0 Å². The number of thiol groups is 2. The Labute approximate surface area is 50.1 Å². The van der Waals surface area contributed by atoms with Crippen molar-refractivity contribution in [2.45, 2.75) is 0 Å². The summed E-state index contributed by atoms with van der Waals surface area (Å²) in [7, 11) is 2.97. The number of hydrogen-bond donors (Lipinski definition) is 2. The van der Waals surface area contributed by atoms with Crippen LogP contribution in [0.4, 0.5) is 0 Å². The molecule has 0 unspecified atom stereocenters. The molecular formula is CH4S4. The van der Waals surface area contributed by atoms with Crippen molar-refractivity contribution in [2.75, 3.05) is 5.08 Å². The van der Waals surface area contributed by atoms with E-state index in [4.69, 9.17) is 0 Å². The minimum Gasteiger partial charge on any atom is -0.110 e. The van der Waals surface area contributed by atoms with Crippen molar-refractivity contribution in [3.63, 3.8) is 0 Å². The van der Waals surface area contributed by atoms with Crippen LogP contribution in [0, 0.1) is 0 Å². The molecule has 0 rings (SSSR count). The average molecular weight is 144 g/mol. The molecule has 0 bridgehead atoms. The van der Waals surface area contributed by atoms with Crippen LogP contribution in [-0.2, 0) is 0 Å². The third-order valence-corrected chi connectivity index (χ3v) is 2.85. The zero-order chi connectivity index (χ0) is 4.12. The first-order valence-electron chi connectivity index (χ1n) is 0.942. The Bertz CT molecular complexity index is 11.1. The van der Waals surface area contributed by atoms with Crippen LogP contribution in [0.5, 0.6) is 0 Å². The summed E-state index contributed by atoms with van der Waals surface area (Å²) in [4.78, 5) is 0. The molecule has 0 radical (unpaired) electrons. The molecule has 0 nitrogen and oxygen atoms in total. The second kappa shape index (κ2) is 5.40. The first-order chi connectivity index (χ1) is 2.41. The largest absolute Gasteiger partial charge is 0.110 e. The van der Waals surface area contributed by atoms with Gasteiger partial charge in [0, 0.05) is 0 Å². The van der Waals surface area contributed by atoms with Crippen molar-refractivity contribution in [3.8, 4) is 0 Å². The molecule has 0 spiro atoms. The van der Waals surface area contributed by atoms with Gasteiger partial charge in [-0.05, 0) is 0 Å². The Morgan fingerprint density at radius 2 is 1.60 bits per heavy atom. The first-order valence-corrected chi connectivity index (χ1v) is 5.02. The molecule has 0 aromatic carbocycles. The third kappa shape index (κ3) is 5.40. The van der Waals surface area contributed by atoms with Crippen LogP contribution in [0.3, 0.4) is 0 Å². The smallest absolute Gasteiger partial charge is 0.0595 e. The second-order valence-electron chi connectivity index (χ2n) is 0.376. The fourth-order valence-electron chi connectivity index (χ4n) is 0.0236. The molecule has 0 heterocycles. The Balaban J connectivity index is 2.19. The van der Waals surface area contributed by atoms with Gasteiger partial charge in [0.05, 0.1) is 5.08 Å². The lowest BCUT2D eigenvalue weighted by atomic mass is 11.9. The molecular weight excluding hydrogens is 140 g/mol. The van der Waals surface area contributed by atoms with Crippen molar-refractivity contribution < 1.29 is 0 Å². The summed E-state index contributed by atoms with van der Waals surface area (Å²) in [6, 6.07) is 0. The number of hydrogen-bond acceptors (Lipinski definition) is 4. The van der Waals surface area contributed by atoms with E-state index in [1.54, 1.807) is 0 Å². The molecule has 4 heteroatoms.